The summed E-state index contributed by atoms with van der Waals surface area (Å²) in [6.07, 6.45) is 8.03. The molecule has 0 aromatic heterocycles. The van der Waals surface area contributed by atoms with E-state index in [1.807, 2.05) is 27.7 Å². The molecule has 0 spiro atoms. The van der Waals surface area contributed by atoms with E-state index < -0.39 is 17.4 Å². The molecule has 2 N–H and O–H groups in total. The molecular weight excluding hydrogens is 448 g/mol. The van der Waals surface area contributed by atoms with Crippen molar-refractivity contribution in [2.75, 3.05) is 13.2 Å². The first-order valence-corrected chi connectivity index (χ1v) is 12.8. The highest BCUT2D eigenvalue weighted by Crippen LogP contribution is 2.24. The zero-order chi connectivity index (χ0) is 25.9. The average molecular weight is 491 g/mol. The van der Waals surface area contributed by atoms with E-state index in [-0.39, 0.29) is 36.7 Å². The third kappa shape index (κ3) is 10.4. The van der Waals surface area contributed by atoms with Gasteiger partial charge in [0, 0.05) is 44.0 Å². The van der Waals surface area contributed by atoms with Gasteiger partial charge in [-0.2, -0.15) is 0 Å². The summed E-state index contributed by atoms with van der Waals surface area (Å²) in [4.78, 5) is 37.9. The van der Waals surface area contributed by atoms with Crippen molar-refractivity contribution in [2.45, 2.75) is 115 Å². The summed E-state index contributed by atoms with van der Waals surface area (Å²) >= 11 is 0. The van der Waals surface area contributed by atoms with Crippen LogP contribution in [0, 0.1) is 11.8 Å². The number of ether oxygens (including phenoxy) is 2. The lowest BCUT2D eigenvalue weighted by Gasteiger charge is -2.33. The zero-order valence-electron chi connectivity index (χ0n) is 21.7. The topological polar surface area (TPSA) is 105 Å². The van der Waals surface area contributed by atoms with E-state index in [4.69, 9.17) is 9.47 Å². The molecule has 8 nitrogen and oxygen atoms in total. The normalized spacial score (nSPS) is 22.0. The Bertz CT molecular complexity index is 827. The summed E-state index contributed by atoms with van der Waals surface area (Å²) in [7, 11) is 0. The van der Waals surface area contributed by atoms with Crippen LogP contribution in [0.15, 0.2) is 12.2 Å². The van der Waals surface area contributed by atoms with Crippen LogP contribution in [0.4, 0.5) is 0 Å². The summed E-state index contributed by atoms with van der Waals surface area (Å²) in [6, 6.07) is 0. The summed E-state index contributed by atoms with van der Waals surface area (Å²) in [5, 5.41) is 12.9. The van der Waals surface area contributed by atoms with Gasteiger partial charge in [0.25, 0.3) is 0 Å². The van der Waals surface area contributed by atoms with Crippen LogP contribution in [0.2, 0.25) is 0 Å². The predicted molar refractivity (Wildman–Crippen MR) is 133 cm³/mol. The van der Waals surface area contributed by atoms with Crippen molar-refractivity contribution in [2.24, 2.45) is 0 Å². The molecule has 8 heteroatoms. The monoisotopic (exact) mass is 490 g/mol. The number of rotatable bonds is 13. The number of carbonyl (C=O) groups is 3. The molecule has 0 saturated heterocycles. The molecule has 1 heterocycles. The quantitative estimate of drug-likeness (QED) is 0.303. The Hall–Kier alpha value is -2.37. The average Bonchev–Trinajstić information content (AvgIpc) is 3.09. The maximum Gasteiger partial charge on any atom is 0.306 e. The number of esters is 1. The van der Waals surface area contributed by atoms with E-state index in [2.05, 4.69) is 17.2 Å². The van der Waals surface area contributed by atoms with Crippen molar-refractivity contribution in [3.8, 4) is 11.8 Å². The molecule has 1 aliphatic heterocycles. The molecule has 1 aliphatic carbocycles. The second-order valence-electron chi connectivity index (χ2n) is 10.3. The highest BCUT2D eigenvalue weighted by atomic mass is 16.5. The standard InChI is InChI=1S/C27H42N2O6/c1-5-27(4,17-19-29-23(31)14-15-24(29)32)34-20-18-26(2,3)28-22(30)13-16-25(33)35-21-11-9-7-6-8-10-12-21/h14-15,21,23,31H,5,7,9-13,16-20H2,1-4H3,(H,28,30). The number of hydrogen-bond donors (Lipinski definition) is 2. The fraction of sp³-hybridized carbons (Fsp3) is 0.741. The molecule has 0 radical (unpaired) electrons. The van der Waals surface area contributed by atoms with Gasteiger partial charge in [0.15, 0.2) is 0 Å². The van der Waals surface area contributed by atoms with Crippen LogP contribution >= 0.6 is 0 Å². The largest absolute Gasteiger partial charge is 0.462 e. The Balaban J connectivity index is 1.68. The van der Waals surface area contributed by atoms with Gasteiger partial charge in [0.2, 0.25) is 11.8 Å². The molecule has 3 atom stereocenters. The molecule has 0 aromatic rings. The molecular formula is C27H42N2O6. The number of nitrogens with one attached hydrogen (secondary N) is 1. The van der Waals surface area contributed by atoms with E-state index in [1.165, 1.54) is 17.1 Å². The minimum atomic E-state index is -0.874. The minimum Gasteiger partial charge on any atom is -0.462 e. The SMILES string of the molecule is CCC(C)(CCN1C(=O)C=CC1O)OCCC(C)(C)NC(=O)CCC(=O)OC1CCC#CCCC1. The predicted octanol–water partition coefficient (Wildman–Crippen LogP) is 3.22. The first-order chi connectivity index (χ1) is 16.5. The van der Waals surface area contributed by atoms with Crippen LogP contribution in [-0.2, 0) is 23.9 Å². The van der Waals surface area contributed by atoms with Crippen molar-refractivity contribution < 1.29 is 29.0 Å². The van der Waals surface area contributed by atoms with Gasteiger partial charge in [0.05, 0.1) is 12.0 Å². The van der Waals surface area contributed by atoms with Gasteiger partial charge in [-0.15, -0.1) is 11.8 Å². The summed E-state index contributed by atoms with van der Waals surface area (Å²) < 4.78 is 11.7. The van der Waals surface area contributed by atoms with Gasteiger partial charge in [-0.3, -0.25) is 14.4 Å². The van der Waals surface area contributed by atoms with Crippen molar-refractivity contribution in [1.29, 1.82) is 0 Å². The number of aliphatic hydroxyl groups excluding tert-OH is 1. The van der Waals surface area contributed by atoms with Crippen LogP contribution in [0.1, 0.15) is 91.9 Å². The molecule has 2 amide bonds. The molecule has 2 rings (SSSR count). The number of carbonyl (C=O) groups excluding carboxylic acids is 3. The molecule has 0 aromatic carbocycles. The number of nitrogens with zero attached hydrogens (tertiary/aromatic N) is 1. The Morgan fingerprint density at radius 2 is 1.91 bits per heavy atom. The third-order valence-electron chi connectivity index (χ3n) is 6.70. The van der Waals surface area contributed by atoms with Gasteiger partial charge in [-0.25, -0.2) is 0 Å². The Kier molecular flexibility index (Phi) is 11.3. The van der Waals surface area contributed by atoms with E-state index >= 15 is 0 Å². The molecule has 0 fully saturated rings. The second kappa shape index (κ2) is 13.6. The van der Waals surface area contributed by atoms with E-state index in [1.54, 1.807) is 0 Å². The van der Waals surface area contributed by atoms with Crippen LogP contribution in [0.25, 0.3) is 0 Å². The molecule has 0 bridgehead atoms. The first kappa shape index (κ1) is 28.9. The lowest BCUT2D eigenvalue weighted by atomic mass is 9.97. The lowest BCUT2D eigenvalue weighted by Crippen LogP contribution is -2.45. The van der Waals surface area contributed by atoms with Gasteiger partial charge in [-0.05, 0) is 65.4 Å². The fourth-order valence-electron chi connectivity index (χ4n) is 4.05. The van der Waals surface area contributed by atoms with Crippen molar-refractivity contribution in [1.82, 2.24) is 10.2 Å². The minimum absolute atomic E-state index is 0.0599. The molecule has 196 valence electrons. The smallest absolute Gasteiger partial charge is 0.306 e. The van der Waals surface area contributed by atoms with Crippen molar-refractivity contribution in [3.63, 3.8) is 0 Å². The highest BCUT2D eigenvalue weighted by Gasteiger charge is 2.30. The third-order valence-corrected chi connectivity index (χ3v) is 6.70. The second-order valence-corrected chi connectivity index (χ2v) is 10.3. The van der Waals surface area contributed by atoms with Crippen LogP contribution in [-0.4, -0.2) is 64.4 Å². The summed E-state index contributed by atoms with van der Waals surface area (Å²) in [6.45, 7) is 8.71. The molecule has 3 unspecified atom stereocenters. The highest BCUT2D eigenvalue weighted by molar-refractivity contribution is 5.90. The van der Waals surface area contributed by atoms with Crippen molar-refractivity contribution in [3.05, 3.63) is 12.2 Å². The van der Waals surface area contributed by atoms with E-state index in [0.717, 1.165) is 38.5 Å². The van der Waals surface area contributed by atoms with E-state index in [0.29, 0.717) is 26.0 Å². The Morgan fingerprint density at radius 1 is 1.17 bits per heavy atom. The molecule has 0 saturated carbocycles. The number of hydrogen-bond acceptors (Lipinski definition) is 6. The van der Waals surface area contributed by atoms with Crippen LogP contribution < -0.4 is 5.32 Å². The Labute approximate surface area is 209 Å². The van der Waals surface area contributed by atoms with E-state index in [9.17, 15) is 19.5 Å². The molecule has 2 aliphatic rings. The lowest BCUT2D eigenvalue weighted by molar-refractivity contribution is -0.151. The first-order valence-electron chi connectivity index (χ1n) is 12.8. The van der Waals surface area contributed by atoms with Crippen LogP contribution in [0.3, 0.4) is 0 Å². The summed E-state index contributed by atoms with van der Waals surface area (Å²) in [5.41, 5.74) is -0.950. The molecule has 35 heavy (non-hydrogen) atoms. The zero-order valence-corrected chi connectivity index (χ0v) is 21.7. The maximum atomic E-state index is 12.4. The van der Waals surface area contributed by atoms with Gasteiger partial charge >= 0.3 is 5.97 Å². The maximum absolute atomic E-state index is 12.4. The van der Waals surface area contributed by atoms with Gasteiger partial charge in [0.1, 0.15) is 12.3 Å². The number of amides is 2. The number of aliphatic hydroxyl groups is 1. The fourth-order valence-corrected chi connectivity index (χ4v) is 4.05. The Morgan fingerprint density at radius 3 is 2.60 bits per heavy atom. The van der Waals surface area contributed by atoms with Gasteiger partial charge < -0.3 is 24.8 Å². The summed E-state index contributed by atoms with van der Waals surface area (Å²) in [5.74, 6) is 5.45. The van der Waals surface area contributed by atoms with Crippen molar-refractivity contribution >= 4 is 17.8 Å². The van der Waals surface area contributed by atoms with Gasteiger partial charge in [-0.1, -0.05) is 6.92 Å². The van der Waals surface area contributed by atoms with Crippen LogP contribution in [0.5, 0.6) is 0 Å².